The number of aromatic nitrogens is 1. The molecular formula is C14H20F3N3. The van der Waals surface area contributed by atoms with E-state index in [1.807, 2.05) is 31.1 Å². The fourth-order valence-electron chi connectivity index (χ4n) is 2.54. The third-order valence-corrected chi connectivity index (χ3v) is 3.77. The van der Waals surface area contributed by atoms with Crippen LogP contribution in [0.3, 0.4) is 0 Å². The summed E-state index contributed by atoms with van der Waals surface area (Å²) in [6, 6.07) is 3.92. The molecule has 0 radical (unpaired) electrons. The van der Waals surface area contributed by atoms with Crippen LogP contribution in [0.1, 0.15) is 25.7 Å². The summed E-state index contributed by atoms with van der Waals surface area (Å²) in [7, 11) is 3.82. The second-order valence-electron chi connectivity index (χ2n) is 5.53. The first-order chi connectivity index (χ1) is 9.36. The van der Waals surface area contributed by atoms with Crippen LogP contribution in [0.2, 0.25) is 0 Å². The number of rotatable bonds is 3. The first kappa shape index (κ1) is 14.9. The van der Waals surface area contributed by atoms with E-state index in [-0.39, 0.29) is 18.9 Å². The number of nitrogens with one attached hydrogen (secondary N) is 1. The van der Waals surface area contributed by atoms with Crippen molar-refractivity contribution in [1.29, 1.82) is 0 Å². The molecule has 112 valence electrons. The van der Waals surface area contributed by atoms with E-state index in [4.69, 9.17) is 0 Å². The fourth-order valence-corrected chi connectivity index (χ4v) is 2.54. The SMILES string of the molecule is CN(C)c1ccc(NC2CCC(C(F)(F)F)CC2)cn1. The van der Waals surface area contributed by atoms with Crippen molar-refractivity contribution in [3.05, 3.63) is 18.3 Å². The summed E-state index contributed by atoms with van der Waals surface area (Å²) in [5, 5.41) is 3.27. The van der Waals surface area contributed by atoms with E-state index < -0.39 is 12.1 Å². The van der Waals surface area contributed by atoms with Gasteiger partial charge in [0.05, 0.1) is 17.8 Å². The molecule has 0 atom stereocenters. The van der Waals surface area contributed by atoms with Gasteiger partial charge in [-0.05, 0) is 37.8 Å². The number of hydrogen-bond donors (Lipinski definition) is 1. The smallest absolute Gasteiger partial charge is 0.381 e. The van der Waals surface area contributed by atoms with Gasteiger partial charge in [0.15, 0.2) is 0 Å². The highest BCUT2D eigenvalue weighted by Crippen LogP contribution is 2.38. The minimum absolute atomic E-state index is 0.112. The Bertz CT molecular complexity index is 420. The van der Waals surface area contributed by atoms with Gasteiger partial charge in [-0.3, -0.25) is 0 Å². The fraction of sp³-hybridized carbons (Fsp3) is 0.643. The van der Waals surface area contributed by atoms with E-state index in [1.54, 1.807) is 6.20 Å². The van der Waals surface area contributed by atoms with Crippen LogP contribution >= 0.6 is 0 Å². The Balaban J connectivity index is 1.86. The number of anilines is 2. The van der Waals surface area contributed by atoms with Gasteiger partial charge in [0.2, 0.25) is 0 Å². The Kier molecular flexibility index (Phi) is 4.40. The molecule has 0 unspecified atom stereocenters. The molecule has 1 aromatic heterocycles. The predicted molar refractivity (Wildman–Crippen MR) is 74.0 cm³/mol. The van der Waals surface area contributed by atoms with Crippen molar-refractivity contribution in [2.45, 2.75) is 37.9 Å². The highest BCUT2D eigenvalue weighted by Gasteiger charge is 2.41. The molecular weight excluding hydrogens is 267 g/mol. The minimum atomic E-state index is -4.04. The monoisotopic (exact) mass is 287 g/mol. The number of alkyl halides is 3. The summed E-state index contributed by atoms with van der Waals surface area (Å²) in [4.78, 5) is 6.18. The van der Waals surface area contributed by atoms with Crippen molar-refractivity contribution in [2.75, 3.05) is 24.3 Å². The predicted octanol–water partition coefficient (Wildman–Crippen LogP) is 3.68. The molecule has 0 bridgehead atoms. The second kappa shape index (κ2) is 5.89. The van der Waals surface area contributed by atoms with Crippen LogP contribution in [0.15, 0.2) is 18.3 Å². The van der Waals surface area contributed by atoms with Crippen LogP contribution in [-0.2, 0) is 0 Å². The molecule has 0 saturated heterocycles. The number of hydrogen-bond acceptors (Lipinski definition) is 3. The lowest BCUT2D eigenvalue weighted by atomic mass is 9.85. The molecule has 1 N–H and O–H groups in total. The van der Waals surface area contributed by atoms with Gasteiger partial charge in [-0.2, -0.15) is 13.2 Å². The lowest BCUT2D eigenvalue weighted by Crippen LogP contribution is -2.32. The zero-order valence-corrected chi connectivity index (χ0v) is 11.7. The summed E-state index contributed by atoms with van der Waals surface area (Å²) in [6.07, 6.45) is -0.779. The Morgan fingerprint density at radius 3 is 2.25 bits per heavy atom. The summed E-state index contributed by atoms with van der Waals surface area (Å²) >= 11 is 0. The van der Waals surface area contributed by atoms with Gasteiger partial charge < -0.3 is 10.2 Å². The van der Waals surface area contributed by atoms with E-state index in [9.17, 15) is 13.2 Å². The zero-order valence-electron chi connectivity index (χ0n) is 11.7. The third-order valence-electron chi connectivity index (χ3n) is 3.77. The number of halogens is 3. The highest BCUT2D eigenvalue weighted by molar-refractivity contribution is 5.48. The lowest BCUT2D eigenvalue weighted by molar-refractivity contribution is -0.182. The van der Waals surface area contributed by atoms with Crippen molar-refractivity contribution in [1.82, 2.24) is 4.98 Å². The molecule has 3 nitrogen and oxygen atoms in total. The summed E-state index contributed by atoms with van der Waals surface area (Å²) < 4.78 is 37.7. The van der Waals surface area contributed by atoms with E-state index >= 15 is 0 Å². The van der Waals surface area contributed by atoms with Crippen LogP contribution in [0, 0.1) is 5.92 Å². The van der Waals surface area contributed by atoms with E-state index in [0.717, 1.165) is 11.5 Å². The molecule has 1 aliphatic rings. The number of nitrogens with zero attached hydrogens (tertiary/aromatic N) is 2. The lowest BCUT2D eigenvalue weighted by Gasteiger charge is -2.30. The molecule has 0 spiro atoms. The Hall–Kier alpha value is -1.46. The van der Waals surface area contributed by atoms with Gasteiger partial charge in [0.25, 0.3) is 0 Å². The van der Waals surface area contributed by atoms with Gasteiger partial charge in [0.1, 0.15) is 5.82 Å². The summed E-state index contributed by atoms with van der Waals surface area (Å²) in [6.45, 7) is 0. The highest BCUT2D eigenvalue weighted by atomic mass is 19.4. The molecule has 6 heteroatoms. The van der Waals surface area contributed by atoms with Crippen molar-refractivity contribution in [2.24, 2.45) is 5.92 Å². The number of pyridine rings is 1. The molecule has 0 amide bonds. The van der Waals surface area contributed by atoms with Crippen molar-refractivity contribution in [3.63, 3.8) is 0 Å². The normalized spacial score (nSPS) is 23.4. The van der Waals surface area contributed by atoms with Gasteiger partial charge >= 0.3 is 6.18 Å². The second-order valence-corrected chi connectivity index (χ2v) is 5.53. The molecule has 1 aliphatic carbocycles. The van der Waals surface area contributed by atoms with Crippen molar-refractivity contribution >= 4 is 11.5 Å². The van der Waals surface area contributed by atoms with Crippen molar-refractivity contribution in [3.8, 4) is 0 Å². The molecule has 1 aromatic rings. The third kappa shape index (κ3) is 3.77. The average molecular weight is 287 g/mol. The van der Waals surface area contributed by atoms with Crippen LogP contribution in [0.4, 0.5) is 24.7 Å². The van der Waals surface area contributed by atoms with E-state index in [1.165, 1.54) is 0 Å². The quantitative estimate of drug-likeness (QED) is 0.919. The Morgan fingerprint density at radius 1 is 1.15 bits per heavy atom. The van der Waals surface area contributed by atoms with Gasteiger partial charge in [-0.15, -0.1) is 0 Å². The topological polar surface area (TPSA) is 28.2 Å². The first-order valence-electron chi connectivity index (χ1n) is 6.83. The van der Waals surface area contributed by atoms with Gasteiger partial charge in [0, 0.05) is 20.1 Å². The van der Waals surface area contributed by atoms with E-state index in [2.05, 4.69) is 10.3 Å². The standard InChI is InChI=1S/C14H20F3N3/c1-20(2)13-8-7-12(9-18-13)19-11-5-3-10(4-6-11)14(15,16)17/h7-11,19H,3-6H2,1-2H3. The first-order valence-corrected chi connectivity index (χ1v) is 6.83. The van der Waals surface area contributed by atoms with E-state index in [0.29, 0.717) is 12.8 Å². The summed E-state index contributed by atoms with van der Waals surface area (Å²) in [5.74, 6) is -0.272. The maximum Gasteiger partial charge on any atom is 0.391 e. The van der Waals surface area contributed by atoms with Crippen LogP contribution < -0.4 is 10.2 Å². The maximum atomic E-state index is 12.6. The minimum Gasteiger partial charge on any atom is -0.381 e. The zero-order chi connectivity index (χ0) is 14.8. The molecule has 2 rings (SSSR count). The largest absolute Gasteiger partial charge is 0.391 e. The maximum absolute atomic E-state index is 12.6. The average Bonchev–Trinajstić information content (AvgIpc) is 2.39. The molecule has 0 aromatic carbocycles. The van der Waals surface area contributed by atoms with Crippen molar-refractivity contribution < 1.29 is 13.2 Å². The van der Waals surface area contributed by atoms with Gasteiger partial charge in [-0.1, -0.05) is 0 Å². The molecule has 1 fully saturated rings. The van der Waals surface area contributed by atoms with Crippen LogP contribution in [0.5, 0.6) is 0 Å². The van der Waals surface area contributed by atoms with Crippen LogP contribution in [0.25, 0.3) is 0 Å². The molecule has 1 saturated carbocycles. The molecule has 0 aliphatic heterocycles. The molecule has 20 heavy (non-hydrogen) atoms. The summed E-state index contributed by atoms with van der Waals surface area (Å²) in [5.41, 5.74) is 0.867. The molecule has 1 heterocycles. The Labute approximate surface area is 117 Å². The van der Waals surface area contributed by atoms with Crippen LogP contribution in [-0.4, -0.2) is 31.3 Å². The van der Waals surface area contributed by atoms with Gasteiger partial charge in [-0.25, -0.2) is 4.98 Å². The Morgan fingerprint density at radius 2 is 1.80 bits per heavy atom.